The van der Waals surface area contributed by atoms with Gasteiger partial charge in [0.1, 0.15) is 0 Å². The molecule has 0 N–H and O–H groups in total. The number of fused-ring (bicyclic) bond motifs is 2. The summed E-state index contributed by atoms with van der Waals surface area (Å²) in [5.41, 5.74) is 2.58. The molecule has 9 nitrogen and oxygen atoms in total. The van der Waals surface area contributed by atoms with Crippen molar-refractivity contribution in [3.63, 3.8) is 0 Å². The number of hydrogen-bond acceptors (Lipinski definition) is 9. The molecule has 0 spiro atoms. The standard InChI is InChI=1S/C31H26N2O7S/c1-4-38-30(35)26-27(19-8-6-5-7-9-19)32-31-33(28(26)20-11-13-22-24(16-20)40-17-39-22)29(34)25(41-31)15-18-10-12-21(36-2)23(14-18)37-3/h5-16,28H,4,17H2,1-3H3/b25-15+. The Morgan fingerprint density at radius 3 is 2.56 bits per heavy atom. The van der Waals surface area contributed by atoms with Crippen LogP contribution in [0.2, 0.25) is 0 Å². The maximum absolute atomic E-state index is 14.1. The van der Waals surface area contributed by atoms with E-state index in [-0.39, 0.29) is 24.5 Å². The Bertz CT molecular complexity index is 1860. The highest BCUT2D eigenvalue weighted by molar-refractivity contribution is 7.07. The van der Waals surface area contributed by atoms with E-state index in [1.807, 2.05) is 42.5 Å². The third-order valence-corrected chi connectivity index (χ3v) is 7.77. The first kappa shape index (κ1) is 26.4. The molecule has 0 aliphatic carbocycles. The van der Waals surface area contributed by atoms with Crippen LogP contribution in [0.1, 0.15) is 29.7 Å². The molecule has 0 saturated heterocycles. The van der Waals surface area contributed by atoms with Gasteiger partial charge in [0.15, 0.2) is 27.8 Å². The molecule has 2 aliphatic rings. The molecule has 0 bridgehead atoms. The van der Waals surface area contributed by atoms with Crippen LogP contribution >= 0.6 is 11.3 Å². The lowest BCUT2D eigenvalue weighted by Crippen LogP contribution is -2.40. The van der Waals surface area contributed by atoms with Gasteiger partial charge in [-0.3, -0.25) is 9.36 Å². The van der Waals surface area contributed by atoms with Crippen LogP contribution in [0.15, 0.2) is 82.1 Å². The zero-order valence-electron chi connectivity index (χ0n) is 22.6. The molecule has 1 atom stereocenters. The first-order chi connectivity index (χ1) is 20.0. The molecule has 0 saturated carbocycles. The molecule has 6 rings (SSSR count). The minimum absolute atomic E-state index is 0.0999. The van der Waals surface area contributed by atoms with Crippen LogP contribution in [0.4, 0.5) is 0 Å². The van der Waals surface area contributed by atoms with E-state index >= 15 is 0 Å². The predicted octanol–water partition coefficient (Wildman–Crippen LogP) is 3.68. The highest BCUT2D eigenvalue weighted by Gasteiger charge is 2.36. The van der Waals surface area contributed by atoms with Crippen molar-refractivity contribution in [1.29, 1.82) is 0 Å². The lowest BCUT2D eigenvalue weighted by molar-refractivity contribution is -0.138. The Morgan fingerprint density at radius 1 is 1.02 bits per heavy atom. The molecule has 1 aromatic heterocycles. The van der Waals surface area contributed by atoms with Gasteiger partial charge < -0.3 is 23.7 Å². The van der Waals surface area contributed by atoms with Gasteiger partial charge in [-0.05, 0) is 48.4 Å². The van der Waals surface area contributed by atoms with Crippen LogP contribution in [-0.2, 0) is 9.53 Å². The predicted molar refractivity (Wildman–Crippen MR) is 153 cm³/mol. The van der Waals surface area contributed by atoms with Crippen LogP contribution in [0, 0.1) is 0 Å². The summed E-state index contributed by atoms with van der Waals surface area (Å²) in [5.74, 6) is 1.71. The molecule has 4 aromatic rings. The second kappa shape index (κ2) is 11.0. The van der Waals surface area contributed by atoms with Crippen molar-refractivity contribution in [1.82, 2.24) is 4.57 Å². The van der Waals surface area contributed by atoms with Crippen molar-refractivity contribution in [2.24, 2.45) is 4.99 Å². The zero-order chi connectivity index (χ0) is 28.5. The summed E-state index contributed by atoms with van der Waals surface area (Å²) in [6.07, 6.45) is 1.78. The van der Waals surface area contributed by atoms with Gasteiger partial charge in [0.25, 0.3) is 5.56 Å². The van der Waals surface area contributed by atoms with Crippen LogP contribution in [0.25, 0.3) is 11.8 Å². The van der Waals surface area contributed by atoms with E-state index in [9.17, 15) is 9.59 Å². The molecule has 41 heavy (non-hydrogen) atoms. The van der Waals surface area contributed by atoms with Crippen molar-refractivity contribution in [2.45, 2.75) is 13.0 Å². The van der Waals surface area contributed by atoms with E-state index in [0.29, 0.717) is 43.6 Å². The number of rotatable bonds is 7. The van der Waals surface area contributed by atoms with E-state index < -0.39 is 12.0 Å². The molecule has 0 fully saturated rings. The fourth-order valence-electron chi connectivity index (χ4n) is 4.93. The third kappa shape index (κ3) is 4.76. The first-order valence-electron chi connectivity index (χ1n) is 12.9. The number of benzene rings is 3. The minimum atomic E-state index is -0.817. The summed E-state index contributed by atoms with van der Waals surface area (Å²) in [5, 5.41) is 0. The summed E-state index contributed by atoms with van der Waals surface area (Å²) >= 11 is 1.24. The van der Waals surface area contributed by atoms with Crippen LogP contribution in [0.5, 0.6) is 23.0 Å². The molecule has 208 valence electrons. The van der Waals surface area contributed by atoms with Gasteiger partial charge in [-0.1, -0.05) is 53.8 Å². The van der Waals surface area contributed by atoms with Crippen LogP contribution in [0.3, 0.4) is 0 Å². The summed E-state index contributed by atoms with van der Waals surface area (Å²) in [6.45, 7) is 2.01. The molecular formula is C31H26N2O7S. The summed E-state index contributed by atoms with van der Waals surface area (Å²) < 4.78 is 29.5. The number of esters is 1. The minimum Gasteiger partial charge on any atom is -0.493 e. The quantitative estimate of drug-likeness (QED) is 0.313. The van der Waals surface area contributed by atoms with Crippen molar-refractivity contribution in [3.05, 3.63) is 109 Å². The van der Waals surface area contributed by atoms with Crippen molar-refractivity contribution in [2.75, 3.05) is 27.6 Å². The van der Waals surface area contributed by atoms with Gasteiger partial charge in [0.05, 0.1) is 42.7 Å². The molecule has 10 heteroatoms. The Balaban J connectivity index is 1.62. The van der Waals surface area contributed by atoms with Gasteiger partial charge >= 0.3 is 5.97 Å². The fraction of sp³-hybridized carbons (Fsp3) is 0.194. The number of carbonyl (C=O) groups excluding carboxylic acids is 1. The number of thiazole rings is 1. The number of methoxy groups -OCH3 is 2. The molecule has 3 heterocycles. The lowest BCUT2D eigenvalue weighted by atomic mass is 9.93. The molecule has 2 aliphatic heterocycles. The van der Waals surface area contributed by atoms with E-state index in [4.69, 9.17) is 28.7 Å². The Labute approximate surface area is 239 Å². The van der Waals surface area contributed by atoms with E-state index in [2.05, 4.69) is 0 Å². The van der Waals surface area contributed by atoms with Crippen molar-refractivity contribution in [3.8, 4) is 23.0 Å². The molecule has 0 amide bonds. The fourth-order valence-corrected chi connectivity index (χ4v) is 5.93. The van der Waals surface area contributed by atoms with E-state index in [1.165, 1.54) is 11.3 Å². The average Bonchev–Trinajstić information content (AvgIpc) is 3.60. The third-order valence-electron chi connectivity index (χ3n) is 6.79. The highest BCUT2D eigenvalue weighted by atomic mass is 32.1. The molecule has 0 radical (unpaired) electrons. The maximum atomic E-state index is 14.1. The summed E-state index contributed by atoms with van der Waals surface area (Å²) in [4.78, 5) is 33.0. The largest absolute Gasteiger partial charge is 0.493 e. The van der Waals surface area contributed by atoms with Crippen molar-refractivity contribution >= 4 is 29.1 Å². The highest BCUT2D eigenvalue weighted by Crippen LogP contribution is 2.40. The summed E-state index contributed by atoms with van der Waals surface area (Å²) in [7, 11) is 3.13. The molecule has 3 aromatic carbocycles. The average molecular weight is 571 g/mol. The smallest absolute Gasteiger partial charge is 0.338 e. The molecular weight excluding hydrogens is 544 g/mol. The van der Waals surface area contributed by atoms with Crippen LogP contribution in [-0.4, -0.2) is 38.2 Å². The molecule has 1 unspecified atom stereocenters. The van der Waals surface area contributed by atoms with Gasteiger partial charge in [0, 0.05) is 5.56 Å². The number of carbonyl (C=O) groups is 1. The monoisotopic (exact) mass is 570 g/mol. The normalized spacial score (nSPS) is 15.8. The van der Waals surface area contributed by atoms with E-state index in [0.717, 1.165) is 11.1 Å². The first-order valence-corrected chi connectivity index (χ1v) is 13.7. The lowest BCUT2D eigenvalue weighted by Gasteiger charge is -2.26. The number of hydrogen-bond donors (Lipinski definition) is 0. The Hall–Kier alpha value is -4.83. The SMILES string of the molecule is CCOC(=O)C1=C(c2ccccc2)N=c2s/c(=C/c3ccc(OC)c(OC)c3)c(=O)n2C1c1ccc2c(c1)OCO2. The van der Waals surface area contributed by atoms with Gasteiger partial charge in [-0.15, -0.1) is 0 Å². The van der Waals surface area contributed by atoms with Crippen LogP contribution < -0.4 is 33.8 Å². The Kier molecular flexibility index (Phi) is 7.07. The number of ether oxygens (including phenoxy) is 5. The van der Waals surface area contributed by atoms with E-state index in [1.54, 1.807) is 56.1 Å². The van der Waals surface area contributed by atoms with Gasteiger partial charge in [-0.2, -0.15) is 0 Å². The van der Waals surface area contributed by atoms with Gasteiger partial charge in [-0.25, -0.2) is 9.79 Å². The maximum Gasteiger partial charge on any atom is 0.338 e. The number of nitrogens with zero attached hydrogens (tertiary/aromatic N) is 2. The van der Waals surface area contributed by atoms with Crippen molar-refractivity contribution < 1.29 is 28.5 Å². The Morgan fingerprint density at radius 2 is 1.80 bits per heavy atom. The second-order valence-electron chi connectivity index (χ2n) is 9.16. The second-order valence-corrected chi connectivity index (χ2v) is 10.2. The number of aromatic nitrogens is 1. The van der Waals surface area contributed by atoms with Gasteiger partial charge in [0.2, 0.25) is 6.79 Å². The topological polar surface area (TPSA) is 97.6 Å². The summed E-state index contributed by atoms with van der Waals surface area (Å²) in [6, 6.07) is 19.4. The zero-order valence-corrected chi connectivity index (χ0v) is 23.4.